The Hall–Kier alpha value is -1.03. The maximum absolute atomic E-state index is 11.4. The summed E-state index contributed by atoms with van der Waals surface area (Å²) in [6.07, 6.45) is 2.65. The number of amides is 1. The van der Waals surface area contributed by atoms with Gasteiger partial charge in [-0.25, -0.2) is 0 Å². The minimum Gasteiger partial charge on any atom is -0.490 e. The van der Waals surface area contributed by atoms with Crippen LogP contribution in [0, 0.1) is 0 Å². The lowest BCUT2D eigenvalue weighted by atomic mass is 10.2. The number of carbonyl (C=O) groups is 1. The van der Waals surface area contributed by atoms with Crippen molar-refractivity contribution in [2.75, 3.05) is 7.05 Å². The van der Waals surface area contributed by atoms with Crippen molar-refractivity contribution in [3.05, 3.63) is 28.2 Å². The molecule has 3 nitrogen and oxygen atoms in total. The molecule has 0 heterocycles. The highest BCUT2D eigenvalue weighted by atomic mass is 79.9. The van der Waals surface area contributed by atoms with E-state index in [1.807, 2.05) is 12.1 Å². The van der Waals surface area contributed by atoms with Crippen LogP contribution >= 0.6 is 15.9 Å². The summed E-state index contributed by atoms with van der Waals surface area (Å²) in [7, 11) is 1.61. The number of benzene rings is 1. The van der Waals surface area contributed by atoms with Gasteiger partial charge in [-0.05, 0) is 47.0 Å². The molecular weight excluding hydrogens is 258 g/mol. The SMILES string of the molecule is CNC(=O)c1ccc(OC2CC2)cc1Br. The third-order valence-electron chi connectivity index (χ3n) is 2.24. The Morgan fingerprint density at radius 2 is 2.27 bits per heavy atom. The van der Waals surface area contributed by atoms with Gasteiger partial charge in [-0.1, -0.05) is 0 Å². The number of hydrogen-bond acceptors (Lipinski definition) is 2. The molecule has 1 N–H and O–H groups in total. The van der Waals surface area contributed by atoms with Gasteiger partial charge in [-0.2, -0.15) is 0 Å². The van der Waals surface area contributed by atoms with Crippen LogP contribution in [0.2, 0.25) is 0 Å². The van der Waals surface area contributed by atoms with E-state index < -0.39 is 0 Å². The molecule has 0 unspecified atom stereocenters. The first-order chi connectivity index (χ1) is 7.20. The Morgan fingerprint density at radius 3 is 2.80 bits per heavy atom. The molecule has 1 fully saturated rings. The molecule has 0 aliphatic heterocycles. The van der Waals surface area contributed by atoms with E-state index in [0.29, 0.717) is 11.7 Å². The molecule has 0 spiro atoms. The fourth-order valence-electron chi connectivity index (χ4n) is 1.27. The second kappa shape index (κ2) is 4.23. The molecule has 0 aromatic heterocycles. The normalized spacial score (nSPS) is 14.8. The van der Waals surface area contributed by atoms with Gasteiger partial charge in [0.25, 0.3) is 5.91 Å². The van der Waals surface area contributed by atoms with E-state index in [2.05, 4.69) is 21.2 Å². The summed E-state index contributed by atoms with van der Waals surface area (Å²) in [5.74, 6) is 0.719. The van der Waals surface area contributed by atoms with Gasteiger partial charge in [-0.3, -0.25) is 4.79 Å². The highest BCUT2D eigenvalue weighted by molar-refractivity contribution is 9.10. The maximum Gasteiger partial charge on any atom is 0.252 e. The van der Waals surface area contributed by atoms with Crippen LogP contribution in [0.25, 0.3) is 0 Å². The molecule has 0 radical (unpaired) electrons. The van der Waals surface area contributed by atoms with Crippen molar-refractivity contribution in [3.8, 4) is 5.75 Å². The summed E-state index contributed by atoms with van der Waals surface area (Å²) in [5, 5.41) is 2.58. The molecular formula is C11H12BrNO2. The number of ether oxygens (including phenoxy) is 1. The number of carbonyl (C=O) groups excluding carboxylic acids is 1. The van der Waals surface area contributed by atoms with Crippen molar-refractivity contribution < 1.29 is 9.53 Å². The third-order valence-corrected chi connectivity index (χ3v) is 2.90. The minimum atomic E-state index is -0.0974. The van der Waals surface area contributed by atoms with E-state index >= 15 is 0 Å². The summed E-state index contributed by atoms with van der Waals surface area (Å²) in [4.78, 5) is 11.4. The van der Waals surface area contributed by atoms with Crippen molar-refractivity contribution in [1.29, 1.82) is 0 Å². The van der Waals surface area contributed by atoms with E-state index in [4.69, 9.17) is 4.74 Å². The summed E-state index contributed by atoms with van der Waals surface area (Å²) < 4.78 is 6.38. The number of halogens is 1. The Labute approximate surface area is 96.9 Å². The average Bonchev–Trinajstić information content (AvgIpc) is 3.01. The number of hydrogen-bond donors (Lipinski definition) is 1. The largest absolute Gasteiger partial charge is 0.490 e. The molecule has 1 aromatic carbocycles. The second-order valence-corrected chi connectivity index (χ2v) is 4.39. The van der Waals surface area contributed by atoms with Crippen LogP contribution in [-0.2, 0) is 0 Å². The molecule has 0 atom stereocenters. The molecule has 0 saturated heterocycles. The Kier molecular flexibility index (Phi) is 2.95. The van der Waals surface area contributed by atoms with Gasteiger partial charge in [0.05, 0.1) is 11.7 Å². The van der Waals surface area contributed by atoms with E-state index in [0.717, 1.165) is 23.1 Å². The first kappa shape index (κ1) is 10.5. The van der Waals surface area contributed by atoms with Gasteiger partial charge in [0.1, 0.15) is 5.75 Å². The fourth-order valence-corrected chi connectivity index (χ4v) is 1.80. The van der Waals surface area contributed by atoms with Crippen LogP contribution in [-0.4, -0.2) is 19.1 Å². The van der Waals surface area contributed by atoms with E-state index in [1.54, 1.807) is 13.1 Å². The summed E-state index contributed by atoms with van der Waals surface area (Å²) >= 11 is 3.36. The van der Waals surface area contributed by atoms with Gasteiger partial charge in [0.15, 0.2) is 0 Å². The first-order valence-electron chi connectivity index (χ1n) is 4.89. The maximum atomic E-state index is 11.4. The topological polar surface area (TPSA) is 38.3 Å². The van der Waals surface area contributed by atoms with Crippen molar-refractivity contribution in [2.24, 2.45) is 0 Å². The molecule has 4 heteroatoms. The van der Waals surface area contributed by atoms with Crippen molar-refractivity contribution in [3.63, 3.8) is 0 Å². The molecule has 1 saturated carbocycles. The monoisotopic (exact) mass is 269 g/mol. The summed E-state index contributed by atoms with van der Waals surface area (Å²) in [5.41, 5.74) is 0.626. The van der Waals surface area contributed by atoms with Crippen LogP contribution in [0.3, 0.4) is 0 Å². The Morgan fingerprint density at radius 1 is 1.53 bits per heavy atom. The molecule has 15 heavy (non-hydrogen) atoms. The molecule has 80 valence electrons. The lowest BCUT2D eigenvalue weighted by molar-refractivity contribution is 0.0962. The molecule has 2 rings (SSSR count). The molecule has 0 bridgehead atoms. The van der Waals surface area contributed by atoms with Crippen LogP contribution in [0.5, 0.6) is 5.75 Å². The minimum absolute atomic E-state index is 0.0974. The predicted molar refractivity (Wildman–Crippen MR) is 61.2 cm³/mol. The van der Waals surface area contributed by atoms with Crippen molar-refractivity contribution in [1.82, 2.24) is 5.32 Å². The lowest BCUT2D eigenvalue weighted by Gasteiger charge is -2.07. The van der Waals surface area contributed by atoms with Gasteiger partial charge in [-0.15, -0.1) is 0 Å². The fraction of sp³-hybridized carbons (Fsp3) is 0.364. The zero-order chi connectivity index (χ0) is 10.8. The van der Waals surface area contributed by atoms with Gasteiger partial charge in [0, 0.05) is 11.5 Å². The van der Waals surface area contributed by atoms with Gasteiger partial charge < -0.3 is 10.1 Å². The molecule has 1 aromatic rings. The first-order valence-corrected chi connectivity index (χ1v) is 5.68. The Bertz CT molecular complexity index is 388. The third kappa shape index (κ3) is 2.50. The highest BCUT2D eigenvalue weighted by Gasteiger charge is 2.23. The van der Waals surface area contributed by atoms with E-state index in [1.165, 1.54) is 0 Å². The smallest absolute Gasteiger partial charge is 0.252 e. The lowest BCUT2D eigenvalue weighted by Crippen LogP contribution is -2.18. The molecule has 1 aliphatic rings. The second-order valence-electron chi connectivity index (χ2n) is 3.54. The summed E-state index contributed by atoms with van der Waals surface area (Å²) in [6, 6.07) is 5.43. The zero-order valence-electron chi connectivity index (χ0n) is 8.42. The zero-order valence-corrected chi connectivity index (χ0v) is 10.0. The molecule has 1 aliphatic carbocycles. The highest BCUT2D eigenvalue weighted by Crippen LogP contribution is 2.29. The van der Waals surface area contributed by atoms with Crippen LogP contribution < -0.4 is 10.1 Å². The number of nitrogens with one attached hydrogen (secondary N) is 1. The van der Waals surface area contributed by atoms with E-state index in [9.17, 15) is 4.79 Å². The van der Waals surface area contributed by atoms with Gasteiger partial charge >= 0.3 is 0 Å². The van der Waals surface area contributed by atoms with Crippen LogP contribution in [0.15, 0.2) is 22.7 Å². The molecule has 1 amide bonds. The van der Waals surface area contributed by atoms with E-state index in [-0.39, 0.29) is 5.91 Å². The summed E-state index contributed by atoms with van der Waals surface area (Å²) in [6.45, 7) is 0. The number of rotatable bonds is 3. The quantitative estimate of drug-likeness (QED) is 0.915. The predicted octanol–water partition coefficient (Wildman–Crippen LogP) is 2.35. The standard InChI is InChI=1S/C11H12BrNO2/c1-13-11(14)9-5-4-8(6-10(9)12)15-7-2-3-7/h4-7H,2-3H2,1H3,(H,13,14). The van der Waals surface area contributed by atoms with Crippen molar-refractivity contribution >= 4 is 21.8 Å². The van der Waals surface area contributed by atoms with Crippen LogP contribution in [0.1, 0.15) is 23.2 Å². The van der Waals surface area contributed by atoms with Crippen molar-refractivity contribution in [2.45, 2.75) is 18.9 Å². The van der Waals surface area contributed by atoms with Gasteiger partial charge in [0.2, 0.25) is 0 Å². The van der Waals surface area contributed by atoms with Crippen LogP contribution in [0.4, 0.5) is 0 Å². The Balaban J connectivity index is 2.17. The average molecular weight is 270 g/mol.